The summed E-state index contributed by atoms with van der Waals surface area (Å²) in [7, 11) is 0. The maximum Gasteiger partial charge on any atom is 0.405 e. The molecule has 0 spiro atoms. The molecule has 0 bridgehead atoms. The molecule has 0 unspecified atom stereocenters. The molecule has 0 saturated carbocycles. The molecule has 1 aromatic carbocycles. The highest BCUT2D eigenvalue weighted by Crippen LogP contribution is 2.39. The second-order valence-corrected chi connectivity index (χ2v) is 7.69. The Bertz CT molecular complexity index is 822. The second-order valence-electron chi connectivity index (χ2n) is 7.69. The van der Waals surface area contributed by atoms with E-state index in [1.807, 2.05) is 18.2 Å². The minimum absolute atomic E-state index is 0.162. The SMILES string of the molecule is CC(C)C[C@@H](C)COc1ccc2c(c1)COc1cnc(NCC(F)(F)F)cc1-2. The van der Waals surface area contributed by atoms with Gasteiger partial charge in [-0.2, -0.15) is 13.2 Å². The van der Waals surface area contributed by atoms with Crippen LogP contribution in [0, 0.1) is 11.8 Å². The van der Waals surface area contributed by atoms with Crippen molar-refractivity contribution in [3.05, 3.63) is 36.0 Å². The van der Waals surface area contributed by atoms with Gasteiger partial charge in [0, 0.05) is 11.1 Å². The summed E-state index contributed by atoms with van der Waals surface area (Å²) in [6.45, 7) is 6.43. The molecule has 7 heteroatoms. The average Bonchev–Trinajstić information content (AvgIpc) is 2.63. The average molecular weight is 394 g/mol. The summed E-state index contributed by atoms with van der Waals surface area (Å²) in [4.78, 5) is 4.00. The van der Waals surface area contributed by atoms with Gasteiger partial charge in [0.25, 0.3) is 0 Å². The molecule has 1 aliphatic heterocycles. The van der Waals surface area contributed by atoms with Gasteiger partial charge in [0.2, 0.25) is 0 Å². The smallest absolute Gasteiger partial charge is 0.405 e. The van der Waals surface area contributed by atoms with Gasteiger partial charge in [-0.1, -0.05) is 26.8 Å². The number of nitrogens with zero attached hydrogens (tertiary/aromatic N) is 1. The van der Waals surface area contributed by atoms with Crippen molar-refractivity contribution < 1.29 is 22.6 Å². The van der Waals surface area contributed by atoms with Crippen LogP contribution in [0.1, 0.15) is 32.8 Å². The number of hydrogen-bond acceptors (Lipinski definition) is 4. The fourth-order valence-corrected chi connectivity index (χ4v) is 3.36. The first-order valence-electron chi connectivity index (χ1n) is 9.41. The third-order valence-electron chi connectivity index (χ3n) is 4.50. The summed E-state index contributed by atoms with van der Waals surface area (Å²) < 4.78 is 48.9. The van der Waals surface area contributed by atoms with Crippen LogP contribution in [0.2, 0.25) is 0 Å². The summed E-state index contributed by atoms with van der Waals surface area (Å²) >= 11 is 0. The van der Waals surface area contributed by atoms with Crippen molar-refractivity contribution in [1.82, 2.24) is 4.98 Å². The molecule has 1 atom stereocenters. The lowest BCUT2D eigenvalue weighted by atomic mass is 9.97. The monoisotopic (exact) mass is 394 g/mol. The Balaban J connectivity index is 1.74. The summed E-state index contributed by atoms with van der Waals surface area (Å²) in [5.41, 5.74) is 2.58. The molecule has 28 heavy (non-hydrogen) atoms. The van der Waals surface area contributed by atoms with Gasteiger partial charge in [-0.05, 0) is 42.0 Å². The van der Waals surface area contributed by atoms with Crippen molar-refractivity contribution >= 4 is 5.82 Å². The fourth-order valence-electron chi connectivity index (χ4n) is 3.36. The van der Waals surface area contributed by atoms with Crippen molar-refractivity contribution in [3.63, 3.8) is 0 Å². The number of ether oxygens (including phenoxy) is 2. The quantitative estimate of drug-likeness (QED) is 0.656. The van der Waals surface area contributed by atoms with E-state index in [4.69, 9.17) is 9.47 Å². The zero-order valence-electron chi connectivity index (χ0n) is 16.3. The summed E-state index contributed by atoms with van der Waals surface area (Å²) in [6, 6.07) is 7.33. The Morgan fingerprint density at radius 3 is 2.68 bits per heavy atom. The lowest BCUT2D eigenvalue weighted by molar-refractivity contribution is -0.115. The van der Waals surface area contributed by atoms with E-state index in [9.17, 15) is 13.2 Å². The predicted octanol–water partition coefficient (Wildman–Crippen LogP) is 5.68. The van der Waals surface area contributed by atoms with Gasteiger partial charge in [0.1, 0.15) is 30.5 Å². The van der Waals surface area contributed by atoms with Crippen LogP contribution in [-0.2, 0) is 6.61 Å². The standard InChI is InChI=1S/C21H25F3N2O2/c1-13(2)6-14(3)10-27-16-4-5-17-15(7-16)11-28-19-9-25-20(8-18(17)19)26-12-21(22,23)24/h4-5,7-9,13-14H,6,10-12H2,1-3H3,(H,25,26)/t14-/m1/s1. The minimum Gasteiger partial charge on any atom is -0.493 e. The number of pyridine rings is 1. The van der Waals surface area contributed by atoms with E-state index in [2.05, 4.69) is 31.1 Å². The maximum absolute atomic E-state index is 12.4. The van der Waals surface area contributed by atoms with Gasteiger partial charge in [0.05, 0.1) is 12.8 Å². The van der Waals surface area contributed by atoms with Crippen LogP contribution in [0.25, 0.3) is 11.1 Å². The minimum atomic E-state index is -4.30. The van der Waals surface area contributed by atoms with Crippen molar-refractivity contribution in [2.45, 2.75) is 40.0 Å². The third-order valence-corrected chi connectivity index (χ3v) is 4.50. The molecule has 152 valence electrons. The van der Waals surface area contributed by atoms with E-state index in [1.54, 1.807) is 6.07 Å². The number of rotatable bonds is 7. The number of aromatic nitrogens is 1. The van der Waals surface area contributed by atoms with Crippen LogP contribution >= 0.6 is 0 Å². The molecule has 2 aromatic rings. The van der Waals surface area contributed by atoms with E-state index < -0.39 is 12.7 Å². The van der Waals surface area contributed by atoms with E-state index in [0.717, 1.165) is 28.9 Å². The van der Waals surface area contributed by atoms with Crippen LogP contribution < -0.4 is 14.8 Å². The Morgan fingerprint density at radius 1 is 1.18 bits per heavy atom. The topological polar surface area (TPSA) is 43.4 Å². The first-order valence-corrected chi connectivity index (χ1v) is 9.41. The number of benzene rings is 1. The molecule has 2 heterocycles. The third kappa shape index (κ3) is 5.30. The Kier molecular flexibility index (Phi) is 6.01. The lowest BCUT2D eigenvalue weighted by Crippen LogP contribution is -2.21. The Morgan fingerprint density at radius 2 is 1.96 bits per heavy atom. The largest absolute Gasteiger partial charge is 0.493 e. The van der Waals surface area contributed by atoms with Crippen molar-refractivity contribution in [3.8, 4) is 22.6 Å². The number of alkyl halides is 3. The fraction of sp³-hybridized carbons (Fsp3) is 0.476. The lowest BCUT2D eigenvalue weighted by Gasteiger charge is -2.22. The molecule has 1 aromatic heterocycles. The van der Waals surface area contributed by atoms with E-state index in [1.165, 1.54) is 6.20 Å². The summed E-state index contributed by atoms with van der Waals surface area (Å²) in [5, 5.41) is 2.31. The van der Waals surface area contributed by atoms with Gasteiger partial charge >= 0.3 is 6.18 Å². The van der Waals surface area contributed by atoms with Gasteiger partial charge in [-0.3, -0.25) is 0 Å². The highest BCUT2D eigenvalue weighted by molar-refractivity contribution is 5.77. The molecular formula is C21H25F3N2O2. The number of nitrogens with one attached hydrogen (secondary N) is 1. The van der Waals surface area contributed by atoms with Gasteiger partial charge in [0.15, 0.2) is 0 Å². The van der Waals surface area contributed by atoms with Crippen molar-refractivity contribution in [2.75, 3.05) is 18.5 Å². The molecule has 1 N–H and O–H groups in total. The molecule has 0 amide bonds. The van der Waals surface area contributed by atoms with Gasteiger partial charge < -0.3 is 14.8 Å². The second kappa shape index (κ2) is 8.29. The van der Waals surface area contributed by atoms with Crippen LogP contribution in [0.15, 0.2) is 30.5 Å². The molecular weight excluding hydrogens is 369 g/mol. The zero-order valence-corrected chi connectivity index (χ0v) is 16.3. The summed E-state index contributed by atoms with van der Waals surface area (Å²) in [6.07, 6.45) is -1.75. The Hall–Kier alpha value is -2.44. The molecule has 0 aliphatic carbocycles. The molecule has 4 nitrogen and oxygen atoms in total. The number of halogens is 3. The first-order chi connectivity index (χ1) is 13.2. The van der Waals surface area contributed by atoms with Crippen LogP contribution in [0.4, 0.5) is 19.0 Å². The zero-order chi connectivity index (χ0) is 20.3. The van der Waals surface area contributed by atoms with Crippen LogP contribution in [0.3, 0.4) is 0 Å². The van der Waals surface area contributed by atoms with E-state index in [0.29, 0.717) is 30.8 Å². The Labute approximate surface area is 163 Å². The van der Waals surface area contributed by atoms with E-state index in [-0.39, 0.29) is 5.82 Å². The number of hydrogen-bond donors (Lipinski definition) is 1. The van der Waals surface area contributed by atoms with Crippen molar-refractivity contribution in [1.29, 1.82) is 0 Å². The molecule has 1 aliphatic rings. The number of anilines is 1. The number of fused-ring (bicyclic) bond motifs is 3. The first kappa shape index (κ1) is 20.3. The van der Waals surface area contributed by atoms with Crippen molar-refractivity contribution in [2.24, 2.45) is 11.8 Å². The molecule has 0 saturated heterocycles. The summed E-state index contributed by atoms with van der Waals surface area (Å²) in [5.74, 6) is 2.58. The molecule has 3 rings (SSSR count). The van der Waals surface area contributed by atoms with Gasteiger partial charge in [-0.15, -0.1) is 0 Å². The van der Waals surface area contributed by atoms with Crippen LogP contribution in [-0.4, -0.2) is 24.3 Å². The maximum atomic E-state index is 12.4. The highest BCUT2D eigenvalue weighted by Gasteiger charge is 2.27. The van der Waals surface area contributed by atoms with E-state index >= 15 is 0 Å². The predicted molar refractivity (Wildman–Crippen MR) is 103 cm³/mol. The normalized spacial score (nSPS) is 14.1. The molecule has 0 fully saturated rings. The van der Waals surface area contributed by atoms with Gasteiger partial charge in [-0.25, -0.2) is 4.98 Å². The van der Waals surface area contributed by atoms with Crippen LogP contribution in [0.5, 0.6) is 11.5 Å². The highest BCUT2D eigenvalue weighted by atomic mass is 19.4. The molecule has 0 radical (unpaired) electrons.